The third-order valence-electron chi connectivity index (χ3n) is 5.68. The Balaban J connectivity index is 1.65. The maximum Gasteiger partial charge on any atom is 0.297 e. The van der Waals surface area contributed by atoms with Gasteiger partial charge in [0.1, 0.15) is 11.4 Å². The van der Waals surface area contributed by atoms with E-state index in [4.69, 9.17) is 4.42 Å². The number of nitrogens with zero attached hydrogens (tertiary/aromatic N) is 2. The van der Waals surface area contributed by atoms with Crippen molar-refractivity contribution in [3.8, 4) is 0 Å². The van der Waals surface area contributed by atoms with E-state index in [2.05, 4.69) is 4.98 Å². The van der Waals surface area contributed by atoms with Crippen LogP contribution in [-0.2, 0) is 0 Å². The van der Waals surface area contributed by atoms with Gasteiger partial charge in [-0.25, -0.2) is 9.37 Å². The molecule has 0 radical (unpaired) electrons. The van der Waals surface area contributed by atoms with Gasteiger partial charge in [-0.05, 0) is 54.4 Å². The molecule has 5 nitrogen and oxygen atoms in total. The molecule has 6 rings (SSSR count). The number of thiazole rings is 1. The lowest BCUT2D eigenvalue weighted by atomic mass is 9.98. The minimum Gasteiger partial charge on any atom is -0.450 e. The van der Waals surface area contributed by atoms with Crippen molar-refractivity contribution in [3.05, 3.63) is 105 Å². The van der Waals surface area contributed by atoms with Gasteiger partial charge >= 0.3 is 0 Å². The van der Waals surface area contributed by atoms with Crippen LogP contribution in [0.15, 0.2) is 75.9 Å². The maximum atomic E-state index is 14.2. The van der Waals surface area contributed by atoms with E-state index in [0.29, 0.717) is 21.7 Å². The average Bonchev–Trinajstić information content (AvgIpc) is 3.32. The largest absolute Gasteiger partial charge is 0.450 e. The fraction of sp³-hybridized carbons (Fsp3) is 0.0800. The minimum atomic E-state index is -0.837. The number of carbonyl (C=O) groups is 1. The molecule has 32 heavy (non-hydrogen) atoms. The molecule has 0 fully saturated rings. The van der Waals surface area contributed by atoms with Gasteiger partial charge in [0.05, 0.1) is 27.2 Å². The number of aromatic nitrogens is 1. The summed E-state index contributed by atoms with van der Waals surface area (Å²) in [4.78, 5) is 33.2. The summed E-state index contributed by atoms with van der Waals surface area (Å²) in [6, 6.07) is 17.8. The first-order valence-corrected chi connectivity index (χ1v) is 10.8. The highest BCUT2D eigenvalue weighted by Crippen LogP contribution is 2.43. The number of anilines is 1. The Labute approximate surface area is 185 Å². The van der Waals surface area contributed by atoms with E-state index in [9.17, 15) is 14.0 Å². The molecule has 5 aromatic rings. The topological polar surface area (TPSA) is 63.4 Å². The predicted octanol–water partition coefficient (Wildman–Crippen LogP) is 5.60. The van der Waals surface area contributed by atoms with Crippen molar-refractivity contribution in [2.45, 2.75) is 13.0 Å². The highest BCUT2D eigenvalue weighted by Gasteiger charge is 2.45. The number of amides is 1. The summed E-state index contributed by atoms with van der Waals surface area (Å²) in [5.74, 6) is -0.945. The lowest BCUT2D eigenvalue weighted by Gasteiger charge is -2.22. The second kappa shape index (κ2) is 6.83. The van der Waals surface area contributed by atoms with Crippen LogP contribution in [0.25, 0.3) is 21.2 Å². The summed E-state index contributed by atoms with van der Waals surface area (Å²) in [6.07, 6.45) is 0. The summed E-state index contributed by atoms with van der Waals surface area (Å²) in [5.41, 5.74) is 2.55. The highest BCUT2D eigenvalue weighted by atomic mass is 32.1. The Kier molecular flexibility index (Phi) is 4.03. The van der Waals surface area contributed by atoms with Crippen LogP contribution in [0, 0.1) is 12.7 Å². The summed E-state index contributed by atoms with van der Waals surface area (Å²) in [6.45, 7) is 1.99. The van der Waals surface area contributed by atoms with Gasteiger partial charge in [0.25, 0.3) is 5.91 Å². The van der Waals surface area contributed by atoms with Crippen LogP contribution in [0.4, 0.5) is 9.52 Å². The van der Waals surface area contributed by atoms with Crippen LogP contribution in [0.5, 0.6) is 0 Å². The molecule has 1 aliphatic heterocycles. The molecule has 0 bridgehead atoms. The van der Waals surface area contributed by atoms with E-state index in [-0.39, 0.29) is 16.8 Å². The number of benzene rings is 3. The zero-order chi connectivity index (χ0) is 22.0. The van der Waals surface area contributed by atoms with Crippen molar-refractivity contribution in [2.24, 2.45) is 0 Å². The van der Waals surface area contributed by atoms with E-state index < -0.39 is 17.8 Å². The summed E-state index contributed by atoms with van der Waals surface area (Å²) in [7, 11) is 0. The first kappa shape index (κ1) is 18.9. The molecule has 3 heterocycles. The smallest absolute Gasteiger partial charge is 0.297 e. The summed E-state index contributed by atoms with van der Waals surface area (Å²) >= 11 is 1.35. The van der Waals surface area contributed by atoms with Gasteiger partial charge in [-0.1, -0.05) is 41.7 Å². The van der Waals surface area contributed by atoms with Crippen LogP contribution in [0.1, 0.15) is 33.3 Å². The van der Waals surface area contributed by atoms with Gasteiger partial charge in [0.15, 0.2) is 10.6 Å². The molecule has 2 aromatic heterocycles. The van der Waals surface area contributed by atoms with Gasteiger partial charge in [-0.15, -0.1) is 0 Å². The zero-order valence-electron chi connectivity index (χ0n) is 16.8. The number of carbonyl (C=O) groups excluding carboxylic acids is 1. The molecule has 7 heteroatoms. The molecule has 0 saturated carbocycles. The molecule has 0 spiro atoms. The number of aryl methyl sites for hydroxylation is 1. The van der Waals surface area contributed by atoms with E-state index in [1.54, 1.807) is 36.4 Å². The van der Waals surface area contributed by atoms with Crippen molar-refractivity contribution >= 4 is 43.6 Å². The van der Waals surface area contributed by atoms with Gasteiger partial charge in [-0.3, -0.25) is 14.5 Å². The second-order valence-electron chi connectivity index (χ2n) is 7.77. The molecule has 156 valence electrons. The first-order chi connectivity index (χ1) is 15.5. The van der Waals surface area contributed by atoms with Crippen LogP contribution >= 0.6 is 11.3 Å². The fourth-order valence-electron chi connectivity index (χ4n) is 4.23. The Morgan fingerprint density at radius 2 is 1.88 bits per heavy atom. The normalized spacial score (nSPS) is 15.6. The molecule has 1 atom stereocenters. The predicted molar refractivity (Wildman–Crippen MR) is 122 cm³/mol. The standard InChI is InChI=1S/C25H15FN2O3S/c1-13-9-10-17-19(11-13)32-25(27-17)28-21(14-5-4-6-15(26)12-14)20-22(29)16-7-2-3-8-18(16)31-23(20)24(28)30/h2-12,21H,1H3. The number of fused-ring (bicyclic) bond motifs is 3. The van der Waals surface area contributed by atoms with Gasteiger partial charge < -0.3 is 4.42 Å². The second-order valence-corrected chi connectivity index (χ2v) is 8.78. The monoisotopic (exact) mass is 442 g/mol. The molecule has 3 aromatic carbocycles. The molecule has 0 saturated heterocycles. The number of rotatable bonds is 2. The maximum absolute atomic E-state index is 14.2. The Morgan fingerprint density at radius 1 is 1.03 bits per heavy atom. The van der Waals surface area contributed by atoms with Crippen LogP contribution in [0.2, 0.25) is 0 Å². The molecule has 1 unspecified atom stereocenters. The third-order valence-corrected chi connectivity index (χ3v) is 6.70. The molecule has 1 aliphatic rings. The molecule has 1 amide bonds. The molecule has 0 N–H and O–H groups in total. The summed E-state index contributed by atoms with van der Waals surface area (Å²) in [5, 5.41) is 0.807. The number of para-hydroxylation sites is 1. The third kappa shape index (κ3) is 2.71. The van der Waals surface area contributed by atoms with E-state index in [1.165, 1.54) is 28.4 Å². The van der Waals surface area contributed by atoms with Crippen molar-refractivity contribution in [1.29, 1.82) is 0 Å². The number of hydrogen-bond donors (Lipinski definition) is 0. The zero-order valence-corrected chi connectivity index (χ0v) is 17.7. The first-order valence-electron chi connectivity index (χ1n) is 10.0. The van der Waals surface area contributed by atoms with E-state index in [0.717, 1.165) is 15.8 Å². The minimum absolute atomic E-state index is 0.0293. The lowest BCUT2D eigenvalue weighted by Crippen LogP contribution is -2.29. The Morgan fingerprint density at radius 3 is 2.72 bits per heavy atom. The highest BCUT2D eigenvalue weighted by molar-refractivity contribution is 7.22. The summed E-state index contributed by atoms with van der Waals surface area (Å²) < 4.78 is 21.0. The molecular formula is C25H15FN2O3S. The van der Waals surface area contributed by atoms with Crippen molar-refractivity contribution < 1.29 is 13.6 Å². The van der Waals surface area contributed by atoms with Crippen molar-refractivity contribution in [1.82, 2.24) is 4.98 Å². The van der Waals surface area contributed by atoms with Gasteiger partial charge in [0, 0.05) is 0 Å². The number of halogens is 1. The lowest BCUT2D eigenvalue weighted by molar-refractivity contribution is 0.0971. The van der Waals surface area contributed by atoms with Crippen molar-refractivity contribution in [3.63, 3.8) is 0 Å². The SMILES string of the molecule is Cc1ccc2nc(N3C(=O)c4oc5ccccc5c(=O)c4C3c3cccc(F)c3)sc2c1. The Bertz CT molecular complexity index is 1620. The molecular weight excluding hydrogens is 427 g/mol. The van der Waals surface area contributed by atoms with Crippen LogP contribution in [0.3, 0.4) is 0 Å². The van der Waals surface area contributed by atoms with E-state index in [1.807, 2.05) is 25.1 Å². The van der Waals surface area contributed by atoms with Gasteiger partial charge in [0.2, 0.25) is 5.76 Å². The quantitative estimate of drug-likeness (QED) is 0.357. The van der Waals surface area contributed by atoms with E-state index >= 15 is 0 Å². The van der Waals surface area contributed by atoms with Crippen LogP contribution in [-0.4, -0.2) is 10.9 Å². The van der Waals surface area contributed by atoms with Crippen LogP contribution < -0.4 is 10.3 Å². The number of hydrogen-bond acceptors (Lipinski definition) is 5. The average molecular weight is 442 g/mol. The fourth-order valence-corrected chi connectivity index (χ4v) is 5.32. The molecule has 0 aliphatic carbocycles. The van der Waals surface area contributed by atoms with Gasteiger partial charge in [-0.2, -0.15) is 0 Å². The Hall–Kier alpha value is -3.84. The van der Waals surface area contributed by atoms with Crippen molar-refractivity contribution in [2.75, 3.05) is 4.90 Å².